The first-order valence-corrected chi connectivity index (χ1v) is 10.4. The number of amides is 2. The van der Waals surface area contributed by atoms with Gasteiger partial charge in [-0.3, -0.25) is 14.9 Å². The molecule has 1 heterocycles. The Kier molecular flexibility index (Phi) is 4.94. The second-order valence-electron chi connectivity index (χ2n) is 9.67. The summed E-state index contributed by atoms with van der Waals surface area (Å²) in [5.74, 6) is 0.283. The predicted molar refractivity (Wildman–Crippen MR) is 105 cm³/mol. The lowest BCUT2D eigenvalue weighted by Crippen LogP contribution is -2.62. The smallest absolute Gasteiger partial charge is 0.238 e. The number of nitrogens with one attached hydrogen (secondary N) is 3. The number of hydrogen-bond donors (Lipinski definition) is 3. The molecule has 2 unspecified atom stereocenters. The summed E-state index contributed by atoms with van der Waals surface area (Å²) >= 11 is 0. The maximum absolute atomic E-state index is 14.6. The van der Waals surface area contributed by atoms with Crippen LogP contribution in [0.15, 0.2) is 18.2 Å². The van der Waals surface area contributed by atoms with Gasteiger partial charge in [0, 0.05) is 0 Å². The SMILES string of the molecule is CC(C)(C)[C@@H](NC(=O)C1CC(=O)NC(C2CC2)N1)c1ccc(C2CC2)c(F)c1. The molecule has 2 aliphatic carbocycles. The van der Waals surface area contributed by atoms with Crippen LogP contribution >= 0.6 is 0 Å². The van der Waals surface area contributed by atoms with Gasteiger partial charge < -0.3 is 10.6 Å². The molecule has 2 amide bonds. The first kappa shape index (κ1) is 19.4. The average Bonchev–Trinajstić information content (AvgIpc) is 3.50. The summed E-state index contributed by atoms with van der Waals surface area (Å²) in [5, 5.41) is 9.30. The molecule has 1 aromatic carbocycles. The van der Waals surface area contributed by atoms with Crippen molar-refractivity contribution < 1.29 is 14.0 Å². The molecule has 3 fully saturated rings. The fourth-order valence-electron chi connectivity index (χ4n) is 4.08. The lowest BCUT2D eigenvalue weighted by molar-refractivity contribution is -0.132. The third-order valence-electron chi connectivity index (χ3n) is 6.02. The van der Waals surface area contributed by atoms with Crippen LogP contribution in [-0.2, 0) is 9.59 Å². The van der Waals surface area contributed by atoms with Gasteiger partial charge in [-0.15, -0.1) is 0 Å². The van der Waals surface area contributed by atoms with Crippen LogP contribution in [0.1, 0.15) is 76.0 Å². The maximum atomic E-state index is 14.6. The lowest BCUT2D eigenvalue weighted by atomic mass is 9.81. The van der Waals surface area contributed by atoms with Crippen molar-refractivity contribution in [2.45, 2.75) is 77.0 Å². The first-order valence-electron chi connectivity index (χ1n) is 10.4. The largest absolute Gasteiger partial charge is 0.347 e. The summed E-state index contributed by atoms with van der Waals surface area (Å²) in [6.45, 7) is 6.08. The van der Waals surface area contributed by atoms with Gasteiger partial charge in [0.2, 0.25) is 11.8 Å². The van der Waals surface area contributed by atoms with Crippen molar-refractivity contribution in [1.29, 1.82) is 0 Å². The molecule has 5 nitrogen and oxygen atoms in total. The van der Waals surface area contributed by atoms with E-state index in [0.29, 0.717) is 11.8 Å². The van der Waals surface area contributed by atoms with E-state index in [-0.39, 0.29) is 41.7 Å². The number of rotatable bonds is 5. The van der Waals surface area contributed by atoms with Crippen LogP contribution in [0, 0.1) is 17.2 Å². The first-order chi connectivity index (χ1) is 13.2. The molecule has 1 aliphatic heterocycles. The van der Waals surface area contributed by atoms with Gasteiger partial charge in [-0.05, 0) is 60.1 Å². The van der Waals surface area contributed by atoms with Crippen molar-refractivity contribution in [2.75, 3.05) is 0 Å². The van der Waals surface area contributed by atoms with Gasteiger partial charge in [-0.25, -0.2) is 4.39 Å². The second kappa shape index (κ2) is 7.14. The zero-order valence-corrected chi connectivity index (χ0v) is 16.8. The summed E-state index contributed by atoms with van der Waals surface area (Å²) < 4.78 is 14.6. The summed E-state index contributed by atoms with van der Waals surface area (Å²) in [5.41, 5.74) is 1.25. The van der Waals surface area contributed by atoms with Crippen molar-refractivity contribution in [3.8, 4) is 0 Å². The normalized spacial score (nSPS) is 26.5. The van der Waals surface area contributed by atoms with Gasteiger partial charge in [0.05, 0.1) is 24.7 Å². The van der Waals surface area contributed by atoms with E-state index in [1.54, 1.807) is 6.07 Å². The van der Waals surface area contributed by atoms with Crippen molar-refractivity contribution >= 4 is 11.8 Å². The van der Waals surface area contributed by atoms with Gasteiger partial charge in [-0.2, -0.15) is 0 Å². The van der Waals surface area contributed by atoms with Crippen molar-refractivity contribution in [3.63, 3.8) is 0 Å². The van der Waals surface area contributed by atoms with Gasteiger partial charge in [0.1, 0.15) is 5.82 Å². The Balaban J connectivity index is 1.51. The fourth-order valence-corrected chi connectivity index (χ4v) is 4.08. The van der Waals surface area contributed by atoms with Crippen LogP contribution in [0.2, 0.25) is 0 Å². The zero-order chi connectivity index (χ0) is 20.1. The molecule has 1 aromatic rings. The Morgan fingerprint density at radius 1 is 1.21 bits per heavy atom. The monoisotopic (exact) mass is 387 g/mol. The Hall–Kier alpha value is -1.95. The Morgan fingerprint density at radius 2 is 1.93 bits per heavy atom. The van der Waals surface area contributed by atoms with Crippen molar-refractivity contribution in [2.24, 2.45) is 11.3 Å². The Bertz CT molecular complexity index is 780. The highest BCUT2D eigenvalue weighted by atomic mass is 19.1. The Morgan fingerprint density at radius 3 is 2.50 bits per heavy atom. The van der Waals surface area contributed by atoms with Crippen LogP contribution < -0.4 is 16.0 Å². The van der Waals surface area contributed by atoms with Crippen LogP contribution in [0.3, 0.4) is 0 Å². The van der Waals surface area contributed by atoms with E-state index < -0.39 is 6.04 Å². The number of halogens is 1. The summed E-state index contributed by atoms with van der Waals surface area (Å²) in [7, 11) is 0. The summed E-state index contributed by atoms with van der Waals surface area (Å²) in [4.78, 5) is 25.0. The number of hydrogen-bond acceptors (Lipinski definition) is 3. The molecule has 1 saturated heterocycles. The highest BCUT2D eigenvalue weighted by Crippen LogP contribution is 2.42. The van der Waals surface area contributed by atoms with E-state index in [1.807, 2.05) is 32.9 Å². The molecule has 28 heavy (non-hydrogen) atoms. The number of carbonyl (C=O) groups is 2. The number of benzene rings is 1. The van der Waals surface area contributed by atoms with Crippen molar-refractivity contribution in [1.82, 2.24) is 16.0 Å². The quantitative estimate of drug-likeness (QED) is 0.727. The Labute approximate surface area is 165 Å². The summed E-state index contributed by atoms with van der Waals surface area (Å²) in [6.07, 6.45) is 4.24. The molecule has 0 bridgehead atoms. The average molecular weight is 387 g/mol. The van der Waals surface area contributed by atoms with Crippen LogP contribution in [-0.4, -0.2) is 24.0 Å². The molecular formula is C22H30FN3O2. The van der Waals surface area contributed by atoms with E-state index >= 15 is 0 Å². The summed E-state index contributed by atoms with van der Waals surface area (Å²) in [6, 6.07) is 4.47. The van der Waals surface area contributed by atoms with Gasteiger partial charge in [0.15, 0.2) is 0 Å². The second-order valence-corrected chi connectivity index (χ2v) is 9.67. The van der Waals surface area contributed by atoms with E-state index in [0.717, 1.165) is 36.8 Å². The molecule has 3 atom stereocenters. The molecule has 4 rings (SSSR count). The predicted octanol–water partition coefficient (Wildman–Crippen LogP) is 3.12. The van der Waals surface area contributed by atoms with Crippen LogP contribution in [0.4, 0.5) is 4.39 Å². The number of carbonyl (C=O) groups excluding carboxylic acids is 2. The van der Waals surface area contributed by atoms with Crippen LogP contribution in [0.5, 0.6) is 0 Å². The minimum absolute atomic E-state index is 0.0945. The minimum atomic E-state index is -0.556. The fraction of sp³-hybridized carbons (Fsp3) is 0.636. The van der Waals surface area contributed by atoms with E-state index in [4.69, 9.17) is 0 Å². The molecular weight excluding hydrogens is 357 g/mol. The topological polar surface area (TPSA) is 70.2 Å². The van der Waals surface area contributed by atoms with Crippen LogP contribution in [0.25, 0.3) is 0 Å². The standard InChI is InChI=1S/C22H30FN3O2/c1-22(2,3)19(14-8-9-15(12-4-5-12)16(23)10-14)26-21(28)17-11-18(27)25-20(24-17)13-6-7-13/h8-10,12-13,17,19-20,24H,4-7,11H2,1-3H3,(H,25,27)(H,26,28)/t17?,19-,20?/m0/s1. The minimum Gasteiger partial charge on any atom is -0.347 e. The zero-order valence-electron chi connectivity index (χ0n) is 16.8. The third-order valence-corrected chi connectivity index (χ3v) is 6.02. The van der Waals surface area contributed by atoms with Gasteiger partial charge in [-0.1, -0.05) is 32.9 Å². The molecule has 152 valence electrons. The molecule has 0 aromatic heterocycles. The third kappa shape index (κ3) is 4.22. The van der Waals surface area contributed by atoms with E-state index in [2.05, 4.69) is 16.0 Å². The van der Waals surface area contributed by atoms with Gasteiger partial charge >= 0.3 is 0 Å². The highest BCUT2D eigenvalue weighted by molar-refractivity contribution is 5.89. The maximum Gasteiger partial charge on any atom is 0.238 e. The van der Waals surface area contributed by atoms with E-state index in [9.17, 15) is 14.0 Å². The highest BCUT2D eigenvalue weighted by Gasteiger charge is 2.40. The van der Waals surface area contributed by atoms with E-state index in [1.165, 1.54) is 0 Å². The molecule has 0 spiro atoms. The van der Waals surface area contributed by atoms with Crippen molar-refractivity contribution in [3.05, 3.63) is 35.1 Å². The molecule has 2 saturated carbocycles. The molecule has 3 aliphatic rings. The molecule has 0 radical (unpaired) electrons. The molecule has 6 heteroatoms. The van der Waals surface area contributed by atoms with Gasteiger partial charge in [0.25, 0.3) is 0 Å². The lowest BCUT2D eigenvalue weighted by Gasteiger charge is -2.36. The molecule has 3 N–H and O–H groups in total.